The molecule has 1 aliphatic heterocycles. The van der Waals surface area contributed by atoms with Gasteiger partial charge in [-0.25, -0.2) is 0 Å². The summed E-state index contributed by atoms with van der Waals surface area (Å²) in [7, 11) is 1.65. The van der Waals surface area contributed by atoms with Crippen molar-refractivity contribution in [2.45, 2.75) is 32.2 Å². The average molecular weight is 349 g/mol. The van der Waals surface area contributed by atoms with Gasteiger partial charge in [0, 0.05) is 18.0 Å². The molecule has 0 aromatic heterocycles. The Labute approximate surface area is 156 Å². The molecule has 1 heterocycles. The summed E-state index contributed by atoms with van der Waals surface area (Å²) in [5.74, 6) is 1.95. The summed E-state index contributed by atoms with van der Waals surface area (Å²) in [4.78, 5) is 15.3. The number of hydrogen-bond acceptors (Lipinski definition) is 3. The van der Waals surface area contributed by atoms with Crippen LogP contribution < -0.4 is 4.74 Å². The van der Waals surface area contributed by atoms with E-state index < -0.39 is 0 Å². The molecule has 2 aliphatic rings. The number of fused-ring (bicyclic) bond motifs is 1. The van der Waals surface area contributed by atoms with Gasteiger partial charge in [0.1, 0.15) is 5.75 Å². The molecule has 0 bridgehead atoms. The summed E-state index contributed by atoms with van der Waals surface area (Å²) >= 11 is 0. The molecule has 1 saturated heterocycles. The van der Waals surface area contributed by atoms with Gasteiger partial charge in [-0.05, 0) is 68.0 Å². The Morgan fingerprint density at radius 1 is 1.08 bits per heavy atom. The van der Waals surface area contributed by atoms with Gasteiger partial charge < -0.3 is 4.74 Å². The van der Waals surface area contributed by atoms with Crippen LogP contribution in [0.4, 0.5) is 0 Å². The largest absolute Gasteiger partial charge is 0.497 e. The number of rotatable bonds is 5. The normalized spacial score (nSPS) is 21.0. The molecule has 3 heteroatoms. The molecule has 0 N–H and O–H groups in total. The van der Waals surface area contributed by atoms with Crippen molar-refractivity contribution in [2.24, 2.45) is 11.8 Å². The van der Waals surface area contributed by atoms with Gasteiger partial charge in [0.15, 0.2) is 5.78 Å². The number of likely N-dealkylation sites (tertiary alicyclic amines) is 1. The second kappa shape index (κ2) is 7.63. The number of methoxy groups -OCH3 is 1. The van der Waals surface area contributed by atoms with Crippen LogP contribution in [0.25, 0.3) is 0 Å². The molecule has 0 unspecified atom stereocenters. The maximum absolute atomic E-state index is 12.8. The van der Waals surface area contributed by atoms with E-state index in [2.05, 4.69) is 41.3 Å². The molecule has 2 aromatic rings. The van der Waals surface area contributed by atoms with Crippen LogP contribution in [0.3, 0.4) is 0 Å². The number of nitrogens with zero attached hydrogens (tertiary/aromatic N) is 1. The van der Waals surface area contributed by atoms with Gasteiger partial charge in [-0.15, -0.1) is 0 Å². The van der Waals surface area contributed by atoms with E-state index in [-0.39, 0.29) is 5.92 Å². The highest BCUT2D eigenvalue weighted by atomic mass is 16.5. The first-order chi connectivity index (χ1) is 12.7. The first-order valence-electron chi connectivity index (χ1n) is 9.70. The molecular formula is C23H27NO2. The summed E-state index contributed by atoms with van der Waals surface area (Å²) in [6.07, 6.45) is 4.35. The number of hydrogen-bond donors (Lipinski definition) is 0. The summed E-state index contributed by atoms with van der Waals surface area (Å²) in [5, 5.41) is 0. The Morgan fingerprint density at radius 3 is 2.58 bits per heavy atom. The molecule has 2 aromatic carbocycles. The highest BCUT2D eigenvalue weighted by Crippen LogP contribution is 2.35. The molecule has 1 fully saturated rings. The molecule has 26 heavy (non-hydrogen) atoms. The number of piperidine rings is 1. The van der Waals surface area contributed by atoms with Crippen molar-refractivity contribution in [1.29, 1.82) is 0 Å². The van der Waals surface area contributed by atoms with Gasteiger partial charge in [-0.1, -0.05) is 36.4 Å². The lowest BCUT2D eigenvalue weighted by molar-refractivity contribution is 0.0895. The molecule has 1 atom stereocenters. The maximum atomic E-state index is 12.8. The van der Waals surface area contributed by atoms with Gasteiger partial charge in [-0.2, -0.15) is 0 Å². The number of ether oxygens (including phenoxy) is 1. The zero-order chi connectivity index (χ0) is 17.9. The molecule has 0 saturated carbocycles. The summed E-state index contributed by atoms with van der Waals surface area (Å²) < 4.78 is 5.28. The van der Waals surface area contributed by atoms with Crippen molar-refractivity contribution in [3.63, 3.8) is 0 Å². The first kappa shape index (κ1) is 17.3. The minimum Gasteiger partial charge on any atom is -0.497 e. The zero-order valence-corrected chi connectivity index (χ0v) is 15.5. The number of carbonyl (C=O) groups is 1. The van der Waals surface area contributed by atoms with Gasteiger partial charge in [0.05, 0.1) is 7.11 Å². The second-order valence-corrected chi connectivity index (χ2v) is 7.73. The van der Waals surface area contributed by atoms with Gasteiger partial charge >= 0.3 is 0 Å². The van der Waals surface area contributed by atoms with Gasteiger partial charge in [-0.3, -0.25) is 9.69 Å². The number of Topliss-reactive ketones (excluding diaryl/α,β-unsaturated/α-hetero) is 1. The summed E-state index contributed by atoms with van der Waals surface area (Å²) in [6.45, 7) is 3.32. The third kappa shape index (κ3) is 3.68. The standard InChI is InChI=1S/C23H27NO2/c1-26-21-8-7-19-14-20(23(25)22(19)15-21)13-17-9-11-24(12-10-17)16-18-5-3-2-4-6-18/h2-8,15,17,20H,9-14,16H2,1H3/t20-/m0/s1. The lowest BCUT2D eigenvalue weighted by Crippen LogP contribution is -2.34. The van der Waals surface area contributed by atoms with Crippen molar-refractivity contribution in [3.05, 3.63) is 65.2 Å². The number of benzene rings is 2. The topological polar surface area (TPSA) is 29.5 Å². The van der Waals surface area contributed by atoms with Crippen LogP contribution in [0, 0.1) is 11.8 Å². The van der Waals surface area contributed by atoms with Crippen LogP contribution in [0.15, 0.2) is 48.5 Å². The van der Waals surface area contributed by atoms with Crippen molar-refractivity contribution in [2.75, 3.05) is 20.2 Å². The highest BCUT2D eigenvalue weighted by molar-refractivity contribution is 6.02. The Morgan fingerprint density at radius 2 is 1.85 bits per heavy atom. The van der Waals surface area contributed by atoms with Crippen LogP contribution >= 0.6 is 0 Å². The van der Waals surface area contributed by atoms with E-state index in [0.29, 0.717) is 11.7 Å². The van der Waals surface area contributed by atoms with E-state index in [1.807, 2.05) is 12.1 Å². The Hall–Kier alpha value is -2.13. The van der Waals surface area contributed by atoms with Crippen LogP contribution in [0.1, 0.15) is 40.7 Å². The number of carbonyl (C=O) groups excluding carboxylic acids is 1. The third-order valence-electron chi connectivity index (χ3n) is 5.99. The van der Waals surface area contributed by atoms with Crippen molar-refractivity contribution < 1.29 is 9.53 Å². The second-order valence-electron chi connectivity index (χ2n) is 7.73. The monoisotopic (exact) mass is 349 g/mol. The van der Waals surface area contributed by atoms with E-state index >= 15 is 0 Å². The first-order valence-corrected chi connectivity index (χ1v) is 9.70. The van der Waals surface area contributed by atoms with Crippen molar-refractivity contribution in [1.82, 2.24) is 4.90 Å². The van der Waals surface area contributed by atoms with Crippen molar-refractivity contribution in [3.8, 4) is 5.75 Å². The molecule has 4 rings (SSSR count). The fraction of sp³-hybridized carbons (Fsp3) is 0.435. The van der Waals surface area contributed by atoms with Crippen LogP contribution in [-0.2, 0) is 13.0 Å². The quantitative estimate of drug-likeness (QED) is 0.803. The van der Waals surface area contributed by atoms with E-state index in [0.717, 1.165) is 43.8 Å². The summed E-state index contributed by atoms with van der Waals surface area (Å²) in [6, 6.07) is 16.7. The molecule has 3 nitrogen and oxygen atoms in total. The van der Waals surface area contributed by atoms with E-state index in [1.165, 1.54) is 24.0 Å². The highest BCUT2D eigenvalue weighted by Gasteiger charge is 2.33. The summed E-state index contributed by atoms with van der Waals surface area (Å²) in [5.41, 5.74) is 3.47. The van der Waals surface area contributed by atoms with Crippen LogP contribution in [0.2, 0.25) is 0 Å². The fourth-order valence-electron chi connectivity index (χ4n) is 4.48. The zero-order valence-electron chi connectivity index (χ0n) is 15.5. The fourth-order valence-corrected chi connectivity index (χ4v) is 4.48. The van der Waals surface area contributed by atoms with Crippen LogP contribution in [0.5, 0.6) is 5.75 Å². The minimum atomic E-state index is 0.169. The maximum Gasteiger partial charge on any atom is 0.166 e. The molecule has 136 valence electrons. The SMILES string of the molecule is COc1ccc2c(c1)C(=O)[C@@H](CC1CCN(Cc3ccccc3)CC1)C2. The molecule has 1 aliphatic carbocycles. The predicted molar refractivity (Wildman–Crippen MR) is 104 cm³/mol. The van der Waals surface area contributed by atoms with Crippen molar-refractivity contribution >= 4 is 5.78 Å². The Kier molecular flexibility index (Phi) is 5.07. The molecule has 0 radical (unpaired) electrons. The molecule has 0 spiro atoms. The van der Waals surface area contributed by atoms with Gasteiger partial charge in [0.25, 0.3) is 0 Å². The third-order valence-corrected chi connectivity index (χ3v) is 5.99. The number of ketones is 1. The smallest absolute Gasteiger partial charge is 0.166 e. The van der Waals surface area contributed by atoms with E-state index in [9.17, 15) is 4.79 Å². The molecule has 0 amide bonds. The van der Waals surface area contributed by atoms with Crippen LogP contribution in [-0.4, -0.2) is 30.9 Å². The van der Waals surface area contributed by atoms with E-state index in [4.69, 9.17) is 4.74 Å². The average Bonchev–Trinajstić information content (AvgIpc) is 2.99. The van der Waals surface area contributed by atoms with E-state index in [1.54, 1.807) is 7.11 Å². The molecular weight excluding hydrogens is 322 g/mol. The Bertz CT molecular complexity index is 763. The minimum absolute atomic E-state index is 0.169. The Balaban J connectivity index is 1.30. The predicted octanol–water partition coefficient (Wildman–Crippen LogP) is 4.35. The van der Waals surface area contributed by atoms with Gasteiger partial charge in [0.2, 0.25) is 0 Å². The lowest BCUT2D eigenvalue weighted by atomic mass is 9.85. The lowest BCUT2D eigenvalue weighted by Gasteiger charge is -2.32.